The van der Waals surface area contributed by atoms with E-state index in [4.69, 9.17) is 4.74 Å². The molecule has 1 rings (SSSR count). The second-order valence-electron chi connectivity index (χ2n) is 6.44. The van der Waals surface area contributed by atoms with E-state index in [9.17, 15) is 4.79 Å². The van der Waals surface area contributed by atoms with Gasteiger partial charge in [-0.05, 0) is 32.6 Å². The minimum atomic E-state index is 0. The second-order valence-corrected chi connectivity index (χ2v) is 6.44. The number of carbonyl (C=O) groups is 1. The monoisotopic (exact) mass is 454 g/mol. The van der Waals surface area contributed by atoms with E-state index in [-0.39, 0.29) is 42.0 Å². The summed E-state index contributed by atoms with van der Waals surface area (Å²) in [4.78, 5) is 18.0. The average Bonchev–Trinajstić information content (AvgIpc) is 2.50. The molecule has 2 unspecified atom stereocenters. The Morgan fingerprint density at radius 2 is 2.12 bits per heavy atom. The van der Waals surface area contributed by atoms with Crippen molar-refractivity contribution in [3.8, 4) is 0 Å². The maximum Gasteiger partial charge on any atom is 0.222 e. The quantitative estimate of drug-likeness (QED) is 0.336. The van der Waals surface area contributed by atoms with E-state index >= 15 is 0 Å². The van der Waals surface area contributed by atoms with Gasteiger partial charge in [0.15, 0.2) is 5.96 Å². The van der Waals surface area contributed by atoms with Crippen LogP contribution in [0, 0.1) is 5.92 Å². The number of rotatable bonds is 8. The van der Waals surface area contributed by atoms with Crippen LogP contribution in [0.4, 0.5) is 0 Å². The Labute approximate surface area is 164 Å². The molecule has 7 heteroatoms. The Bertz CT molecular complexity index is 391. The molecule has 1 heterocycles. The summed E-state index contributed by atoms with van der Waals surface area (Å²) in [6.45, 7) is 11.5. The lowest BCUT2D eigenvalue weighted by atomic mass is 10.0. The van der Waals surface area contributed by atoms with Gasteiger partial charge in [-0.15, -0.1) is 24.0 Å². The Balaban J connectivity index is 0.00000529. The van der Waals surface area contributed by atoms with E-state index in [1.54, 1.807) is 4.90 Å². The molecule has 0 aromatic rings. The SMILES string of the molecule is CCNC(=NCCC(OCC)C(C)C)NC1CCC(=O)N(C)C1.I. The third kappa shape index (κ3) is 8.50. The molecule has 1 saturated heterocycles. The molecule has 0 spiro atoms. The summed E-state index contributed by atoms with van der Waals surface area (Å²) in [5, 5.41) is 6.73. The summed E-state index contributed by atoms with van der Waals surface area (Å²) in [5.41, 5.74) is 0. The fraction of sp³-hybridized carbons (Fsp3) is 0.882. The normalized spacial score (nSPS) is 19.9. The predicted octanol–water partition coefficient (Wildman–Crippen LogP) is 2.23. The lowest BCUT2D eigenvalue weighted by Crippen LogP contribution is -2.51. The van der Waals surface area contributed by atoms with Gasteiger partial charge in [0.25, 0.3) is 0 Å². The highest BCUT2D eigenvalue weighted by molar-refractivity contribution is 14.0. The number of halogens is 1. The lowest BCUT2D eigenvalue weighted by Gasteiger charge is -2.31. The van der Waals surface area contributed by atoms with Crippen molar-refractivity contribution in [3.63, 3.8) is 0 Å². The molecule has 1 amide bonds. The first kappa shape index (κ1) is 23.4. The molecule has 0 saturated carbocycles. The van der Waals surface area contributed by atoms with Crippen LogP contribution in [0.1, 0.15) is 47.0 Å². The summed E-state index contributed by atoms with van der Waals surface area (Å²) >= 11 is 0. The molecule has 2 atom stereocenters. The number of hydrogen-bond donors (Lipinski definition) is 2. The van der Waals surface area contributed by atoms with Crippen molar-refractivity contribution >= 4 is 35.8 Å². The van der Waals surface area contributed by atoms with Gasteiger partial charge in [0, 0.05) is 45.8 Å². The van der Waals surface area contributed by atoms with Crippen LogP contribution in [-0.4, -0.2) is 62.2 Å². The first-order valence-corrected chi connectivity index (χ1v) is 8.88. The van der Waals surface area contributed by atoms with Crippen LogP contribution in [0.2, 0.25) is 0 Å². The van der Waals surface area contributed by atoms with Crippen LogP contribution < -0.4 is 10.6 Å². The number of carbonyl (C=O) groups excluding carboxylic acids is 1. The molecular formula is C17H35IN4O2. The van der Waals surface area contributed by atoms with E-state index in [2.05, 4.69) is 36.4 Å². The van der Waals surface area contributed by atoms with Crippen molar-refractivity contribution < 1.29 is 9.53 Å². The van der Waals surface area contributed by atoms with Crippen LogP contribution in [0.25, 0.3) is 0 Å². The Morgan fingerprint density at radius 1 is 1.42 bits per heavy atom. The molecule has 0 bridgehead atoms. The number of likely N-dealkylation sites (N-methyl/N-ethyl adjacent to an activating group) is 1. The van der Waals surface area contributed by atoms with Crippen LogP contribution in [0.5, 0.6) is 0 Å². The van der Waals surface area contributed by atoms with Gasteiger partial charge < -0.3 is 20.3 Å². The van der Waals surface area contributed by atoms with E-state index in [0.717, 1.165) is 45.0 Å². The summed E-state index contributed by atoms with van der Waals surface area (Å²) in [7, 11) is 1.86. The maximum atomic E-state index is 11.6. The fourth-order valence-electron chi connectivity index (χ4n) is 2.77. The van der Waals surface area contributed by atoms with Crippen molar-refractivity contribution in [2.24, 2.45) is 10.9 Å². The summed E-state index contributed by atoms with van der Waals surface area (Å²) < 4.78 is 5.77. The van der Waals surface area contributed by atoms with Crippen molar-refractivity contribution in [1.29, 1.82) is 0 Å². The molecule has 0 aliphatic carbocycles. The standard InChI is InChI=1S/C17H34N4O2.HI/c1-6-18-17(19-11-10-15(13(3)4)23-7-2)20-14-8-9-16(22)21(5)12-14;/h13-15H,6-12H2,1-5H3,(H2,18,19,20);1H. The smallest absolute Gasteiger partial charge is 0.222 e. The number of piperidine rings is 1. The highest BCUT2D eigenvalue weighted by atomic mass is 127. The van der Waals surface area contributed by atoms with Crippen molar-refractivity contribution in [2.75, 3.05) is 33.3 Å². The van der Waals surface area contributed by atoms with Crippen LogP contribution in [0.15, 0.2) is 4.99 Å². The largest absolute Gasteiger partial charge is 0.378 e. The van der Waals surface area contributed by atoms with E-state index in [0.29, 0.717) is 12.3 Å². The molecular weight excluding hydrogens is 419 g/mol. The second kappa shape index (κ2) is 12.7. The summed E-state index contributed by atoms with van der Waals surface area (Å²) in [6.07, 6.45) is 2.64. The van der Waals surface area contributed by atoms with E-state index < -0.39 is 0 Å². The van der Waals surface area contributed by atoms with Crippen molar-refractivity contribution in [2.45, 2.75) is 59.1 Å². The third-order valence-corrected chi connectivity index (χ3v) is 4.12. The zero-order valence-corrected chi connectivity index (χ0v) is 18.1. The molecule has 24 heavy (non-hydrogen) atoms. The zero-order chi connectivity index (χ0) is 17.2. The third-order valence-electron chi connectivity index (χ3n) is 4.12. The minimum absolute atomic E-state index is 0. The maximum absolute atomic E-state index is 11.6. The molecule has 0 radical (unpaired) electrons. The minimum Gasteiger partial charge on any atom is -0.378 e. The van der Waals surface area contributed by atoms with Gasteiger partial charge in [-0.1, -0.05) is 13.8 Å². The number of hydrogen-bond acceptors (Lipinski definition) is 3. The van der Waals surface area contributed by atoms with Gasteiger partial charge in [0.1, 0.15) is 0 Å². The van der Waals surface area contributed by atoms with Crippen LogP contribution in [-0.2, 0) is 9.53 Å². The van der Waals surface area contributed by atoms with Crippen LogP contribution >= 0.6 is 24.0 Å². The summed E-state index contributed by atoms with van der Waals surface area (Å²) in [5.74, 6) is 1.56. The predicted molar refractivity (Wildman–Crippen MR) is 110 cm³/mol. The Hall–Kier alpha value is -0.570. The topological polar surface area (TPSA) is 66.0 Å². The highest BCUT2D eigenvalue weighted by Gasteiger charge is 2.23. The number of likely N-dealkylation sites (tertiary alicyclic amines) is 1. The Morgan fingerprint density at radius 3 is 2.67 bits per heavy atom. The number of nitrogens with zero attached hydrogens (tertiary/aromatic N) is 2. The first-order valence-electron chi connectivity index (χ1n) is 8.88. The summed E-state index contributed by atoms with van der Waals surface area (Å²) in [6, 6.07) is 0.267. The number of guanidine groups is 1. The molecule has 142 valence electrons. The van der Waals surface area contributed by atoms with Gasteiger partial charge in [-0.3, -0.25) is 9.79 Å². The van der Waals surface area contributed by atoms with E-state index in [1.807, 2.05) is 14.0 Å². The van der Waals surface area contributed by atoms with Crippen molar-refractivity contribution in [3.05, 3.63) is 0 Å². The number of amides is 1. The number of ether oxygens (including phenoxy) is 1. The number of nitrogens with one attached hydrogen (secondary N) is 2. The molecule has 1 aliphatic heterocycles. The van der Waals surface area contributed by atoms with Gasteiger partial charge in [0.2, 0.25) is 5.91 Å². The van der Waals surface area contributed by atoms with Crippen LogP contribution in [0.3, 0.4) is 0 Å². The highest BCUT2D eigenvalue weighted by Crippen LogP contribution is 2.11. The average molecular weight is 454 g/mol. The zero-order valence-electron chi connectivity index (χ0n) is 15.8. The molecule has 1 fully saturated rings. The van der Waals surface area contributed by atoms with Crippen molar-refractivity contribution in [1.82, 2.24) is 15.5 Å². The molecule has 2 N–H and O–H groups in total. The van der Waals surface area contributed by atoms with Gasteiger partial charge >= 0.3 is 0 Å². The van der Waals surface area contributed by atoms with Gasteiger partial charge in [0.05, 0.1) is 6.10 Å². The number of aliphatic imine (C=N–C) groups is 1. The molecule has 1 aliphatic rings. The first-order chi connectivity index (χ1) is 11.0. The lowest BCUT2D eigenvalue weighted by molar-refractivity contribution is -0.132. The van der Waals surface area contributed by atoms with Gasteiger partial charge in [-0.25, -0.2) is 0 Å². The van der Waals surface area contributed by atoms with Gasteiger partial charge in [-0.2, -0.15) is 0 Å². The molecule has 0 aromatic heterocycles. The molecule has 6 nitrogen and oxygen atoms in total. The molecule has 0 aromatic carbocycles. The van der Waals surface area contributed by atoms with E-state index in [1.165, 1.54) is 0 Å². The fourth-order valence-corrected chi connectivity index (χ4v) is 2.77. The Kier molecular flexibility index (Phi) is 12.4.